The second-order valence-electron chi connectivity index (χ2n) is 4.99. The van der Waals surface area contributed by atoms with Crippen molar-refractivity contribution in [2.75, 3.05) is 13.2 Å². The zero-order valence-electron chi connectivity index (χ0n) is 12.1. The van der Waals surface area contributed by atoms with E-state index < -0.39 is 21.0 Å². The van der Waals surface area contributed by atoms with Crippen molar-refractivity contribution in [2.24, 2.45) is 0 Å². The normalized spacial score (nSPS) is 20.4. The highest BCUT2D eigenvalue weighted by molar-refractivity contribution is 7.92. The topological polar surface area (TPSA) is 114 Å². The molecule has 2 unspecified atom stereocenters. The Balaban J connectivity index is 1.99. The maximum absolute atomic E-state index is 12.3. The van der Waals surface area contributed by atoms with Gasteiger partial charge in [-0.15, -0.1) is 5.10 Å². The predicted octanol–water partition coefficient (Wildman–Crippen LogP) is -0.175. The minimum atomic E-state index is -3.88. The smallest absolute Gasteiger partial charge is 0.267 e. The number of sulfone groups is 1. The summed E-state index contributed by atoms with van der Waals surface area (Å²) in [5.74, 6) is -0.0890. The van der Waals surface area contributed by atoms with Crippen LogP contribution in [0.1, 0.15) is 32.5 Å². The summed E-state index contributed by atoms with van der Waals surface area (Å²) < 4.78 is 29.9. The molecule has 0 bridgehead atoms. The molecule has 1 aromatic rings. The van der Waals surface area contributed by atoms with Crippen molar-refractivity contribution in [3.63, 3.8) is 0 Å². The van der Waals surface area contributed by atoms with E-state index in [0.717, 1.165) is 12.8 Å². The Labute approximate surface area is 123 Å². The van der Waals surface area contributed by atoms with Crippen molar-refractivity contribution in [1.29, 1.82) is 0 Å². The summed E-state index contributed by atoms with van der Waals surface area (Å²) in [5.41, 5.74) is 0. The Morgan fingerprint density at radius 1 is 1.57 bits per heavy atom. The molecule has 118 valence electrons. The molecule has 2 heterocycles. The SMILES string of the molecule is CCc1nc(S(=O)(=O)C(C)C(=O)NCC2CCCO2)n[nH]1. The maximum Gasteiger partial charge on any atom is 0.267 e. The molecular weight excluding hydrogens is 296 g/mol. The molecule has 9 heteroatoms. The number of carbonyl (C=O) groups is 1. The summed E-state index contributed by atoms with van der Waals surface area (Å²) in [7, 11) is -3.88. The van der Waals surface area contributed by atoms with Crippen LogP contribution in [0.25, 0.3) is 0 Å². The summed E-state index contributed by atoms with van der Waals surface area (Å²) in [4.78, 5) is 15.9. The first-order valence-corrected chi connectivity index (χ1v) is 8.54. The molecule has 2 N–H and O–H groups in total. The Morgan fingerprint density at radius 2 is 2.33 bits per heavy atom. The summed E-state index contributed by atoms with van der Waals surface area (Å²) >= 11 is 0. The number of hydrogen-bond donors (Lipinski definition) is 2. The number of carbonyl (C=O) groups excluding carboxylic acids is 1. The summed E-state index contributed by atoms with van der Waals surface area (Å²) in [5, 5.41) is 7.25. The average Bonchev–Trinajstić information content (AvgIpc) is 3.14. The Hall–Kier alpha value is -1.48. The maximum atomic E-state index is 12.3. The van der Waals surface area contributed by atoms with Crippen molar-refractivity contribution in [3.05, 3.63) is 5.82 Å². The van der Waals surface area contributed by atoms with Crippen LogP contribution in [0.5, 0.6) is 0 Å². The first-order valence-electron chi connectivity index (χ1n) is 6.99. The minimum absolute atomic E-state index is 0.0287. The average molecular weight is 316 g/mol. The highest BCUT2D eigenvalue weighted by Gasteiger charge is 2.33. The van der Waals surface area contributed by atoms with Crippen molar-refractivity contribution in [2.45, 2.75) is 49.6 Å². The molecule has 1 aliphatic rings. The Kier molecular flexibility index (Phi) is 4.94. The number of aryl methyl sites for hydroxylation is 1. The minimum Gasteiger partial charge on any atom is -0.376 e. The molecule has 0 radical (unpaired) electrons. The van der Waals surface area contributed by atoms with Crippen LogP contribution in [0.15, 0.2) is 5.16 Å². The molecule has 0 saturated carbocycles. The molecule has 0 spiro atoms. The van der Waals surface area contributed by atoms with Crippen LogP contribution in [0, 0.1) is 0 Å². The summed E-state index contributed by atoms with van der Waals surface area (Å²) in [6.45, 7) is 4.18. The zero-order valence-corrected chi connectivity index (χ0v) is 12.9. The molecule has 0 aliphatic carbocycles. The molecular formula is C12H20N4O4S. The number of hydrogen-bond acceptors (Lipinski definition) is 6. The first-order chi connectivity index (χ1) is 9.95. The van der Waals surface area contributed by atoms with E-state index in [1.54, 1.807) is 0 Å². The van der Waals surface area contributed by atoms with E-state index in [4.69, 9.17) is 4.74 Å². The van der Waals surface area contributed by atoms with Crippen LogP contribution in [0.3, 0.4) is 0 Å². The van der Waals surface area contributed by atoms with Crippen molar-refractivity contribution in [3.8, 4) is 0 Å². The van der Waals surface area contributed by atoms with Gasteiger partial charge in [-0.1, -0.05) is 6.92 Å². The quantitative estimate of drug-likeness (QED) is 0.753. The van der Waals surface area contributed by atoms with Crippen molar-refractivity contribution in [1.82, 2.24) is 20.5 Å². The van der Waals surface area contributed by atoms with Crippen molar-refractivity contribution >= 4 is 15.7 Å². The third kappa shape index (κ3) is 3.59. The van der Waals surface area contributed by atoms with Crippen LogP contribution in [0.2, 0.25) is 0 Å². The molecule has 2 rings (SSSR count). The lowest BCUT2D eigenvalue weighted by molar-refractivity contribution is -0.120. The lowest BCUT2D eigenvalue weighted by Crippen LogP contribution is -2.41. The third-order valence-electron chi connectivity index (χ3n) is 3.46. The fourth-order valence-corrected chi connectivity index (χ4v) is 3.12. The predicted molar refractivity (Wildman–Crippen MR) is 74.4 cm³/mol. The fourth-order valence-electron chi connectivity index (χ4n) is 2.03. The molecule has 21 heavy (non-hydrogen) atoms. The van der Waals surface area contributed by atoms with E-state index in [9.17, 15) is 13.2 Å². The van der Waals surface area contributed by atoms with E-state index in [0.29, 0.717) is 25.4 Å². The van der Waals surface area contributed by atoms with Gasteiger partial charge in [0, 0.05) is 19.6 Å². The van der Waals surface area contributed by atoms with Gasteiger partial charge in [0.15, 0.2) is 0 Å². The van der Waals surface area contributed by atoms with Gasteiger partial charge in [0.25, 0.3) is 5.16 Å². The van der Waals surface area contributed by atoms with E-state index in [2.05, 4.69) is 20.5 Å². The zero-order chi connectivity index (χ0) is 15.5. The van der Waals surface area contributed by atoms with E-state index in [1.807, 2.05) is 6.92 Å². The van der Waals surface area contributed by atoms with Crippen LogP contribution in [0.4, 0.5) is 0 Å². The molecule has 1 aliphatic heterocycles. The van der Waals surface area contributed by atoms with E-state index >= 15 is 0 Å². The van der Waals surface area contributed by atoms with E-state index in [-0.39, 0.29) is 11.3 Å². The molecule has 2 atom stereocenters. The molecule has 0 aromatic carbocycles. The van der Waals surface area contributed by atoms with Gasteiger partial charge in [-0.3, -0.25) is 9.89 Å². The van der Waals surface area contributed by atoms with Gasteiger partial charge < -0.3 is 10.1 Å². The highest BCUT2D eigenvalue weighted by atomic mass is 32.2. The van der Waals surface area contributed by atoms with Crippen molar-refractivity contribution < 1.29 is 17.9 Å². The number of amides is 1. The number of ether oxygens (including phenoxy) is 1. The highest BCUT2D eigenvalue weighted by Crippen LogP contribution is 2.13. The molecule has 1 saturated heterocycles. The first kappa shape index (κ1) is 15.9. The van der Waals surface area contributed by atoms with Gasteiger partial charge in [-0.2, -0.15) is 0 Å². The molecule has 1 amide bonds. The molecule has 8 nitrogen and oxygen atoms in total. The number of H-pyrrole nitrogens is 1. The largest absolute Gasteiger partial charge is 0.376 e. The lowest BCUT2D eigenvalue weighted by atomic mass is 10.2. The van der Waals surface area contributed by atoms with Crippen LogP contribution >= 0.6 is 0 Å². The van der Waals surface area contributed by atoms with Gasteiger partial charge in [-0.25, -0.2) is 13.4 Å². The number of aromatic amines is 1. The van der Waals surface area contributed by atoms with Crippen LogP contribution < -0.4 is 5.32 Å². The summed E-state index contributed by atoms with van der Waals surface area (Å²) in [6, 6.07) is 0. The second kappa shape index (κ2) is 6.52. The second-order valence-corrected chi connectivity index (χ2v) is 7.15. The number of aromatic nitrogens is 3. The molecule has 1 fully saturated rings. The van der Waals surface area contributed by atoms with Gasteiger partial charge >= 0.3 is 0 Å². The van der Waals surface area contributed by atoms with Gasteiger partial charge in [0.05, 0.1) is 6.10 Å². The Bertz CT molecular complexity index is 592. The number of rotatable bonds is 6. The Morgan fingerprint density at radius 3 is 2.90 bits per heavy atom. The lowest BCUT2D eigenvalue weighted by Gasteiger charge is -2.14. The fraction of sp³-hybridized carbons (Fsp3) is 0.750. The van der Waals surface area contributed by atoms with E-state index in [1.165, 1.54) is 6.92 Å². The summed E-state index contributed by atoms with van der Waals surface area (Å²) in [6.07, 6.45) is 2.36. The van der Waals surface area contributed by atoms with Gasteiger partial charge in [0.2, 0.25) is 15.7 Å². The van der Waals surface area contributed by atoms with Crippen LogP contribution in [-0.4, -0.2) is 54.0 Å². The third-order valence-corrected chi connectivity index (χ3v) is 5.30. The number of nitrogens with one attached hydrogen (secondary N) is 2. The van der Waals surface area contributed by atoms with Crippen LogP contribution in [-0.2, 0) is 25.8 Å². The monoisotopic (exact) mass is 316 g/mol. The molecule has 1 aromatic heterocycles. The van der Waals surface area contributed by atoms with Gasteiger partial charge in [-0.05, 0) is 19.8 Å². The number of nitrogens with zero attached hydrogens (tertiary/aromatic N) is 2. The van der Waals surface area contributed by atoms with Gasteiger partial charge in [0.1, 0.15) is 11.1 Å². The standard InChI is InChI=1S/C12H20N4O4S/c1-3-10-14-12(16-15-10)21(18,19)8(2)11(17)13-7-9-5-4-6-20-9/h8-9H,3-7H2,1-2H3,(H,13,17)(H,14,15,16).